The fraction of sp³-hybridized carbons (Fsp3) is 0.923. The minimum atomic E-state index is -3.24. The van der Waals surface area contributed by atoms with Gasteiger partial charge in [-0.1, -0.05) is 13.8 Å². The molecule has 0 aliphatic carbocycles. The maximum absolute atomic E-state index is 12.1. The molecule has 21 heavy (non-hydrogen) atoms. The summed E-state index contributed by atoms with van der Waals surface area (Å²) in [5, 5.41) is 12.7. The van der Waals surface area contributed by atoms with Crippen molar-refractivity contribution < 1.29 is 13.5 Å². The Hall–Kier alpha value is -0.860. The summed E-state index contributed by atoms with van der Waals surface area (Å²) >= 11 is 0. The van der Waals surface area contributed by atoms with Gasteiger partial charge in [0.2, 0.25) is 10.0 Å². The Morgan fingerprint density at radius 1 is 1.38 bits per heavy atom. The number of hydrogen-bond acceptors (Lipinski definition) is 4. The first-order valence-corrected chi connectivity index (χ1v) is 9.24. The largest absolute Gasteiger partial charge is 0.391 e. The lowest BCUT2D eigenvalue weighted by molar-refractivity contribution is 0.188. The van der Waals surface area contributed by atoms with E-state index in [0.29, 0.717) is 32.1 Å². The molecule has 1 aliphatic rings. The lowest BCUT2D eigenvalue weighted by Crippen LogP contribution is -2.41. The number of rotatable bonds is 7. The smallest absolute Gasteiger partial charge is 0.215 e. The van der Waals surface area contributed by atoms with Gasteiger partial charge < -0.3 is 15.3 Å². The van der Waals surface area contributed by atoms with E-state index in [9.17, 15) is 13.5 Å². The molecule has 0 saturated carbocycles. The summed E-state index contributed by atoms with van der Waals surface area (Å²) in [6.07, 6.45) is 0.399. The van der Waals surface area contributed by atoms with Crippen LogP contribution in [-0.2, 0) is 10.0 Å². The molecule has 7 nitrogen and oxygen atoms in total. The van der Waals surface area contributed by atoms with Gasteiger partial charge in [0.15, 0.2) is 5.96 Å². The highest BCUT2D eigenvalue weighted by Gasteiger charge is 2.23. The quantitative estimate of drug-likeness (QED) is 0.496. The molecule has 1 heterocycles. The van der Waals surface area contributed by atoms with Crippen LogP contribution >= 0.6 is 0 Å². The Labute approximate surface area is 128 Å². The Kier molecular flexibility index (Phi) is 7.41. The summed E-state index contributed by atoms with van der Waals surface area (Å²) in [5.41, 5.74) is 0. The highest BCUT2D eigenvalue weighted by atomic mass is 32.2. The van der Waals surface area contributed by atoms with Crippen molar-refractivity contribution >= 4 is 16.0 Å². The fourth-order valence-corrected chi connectivity index (χ4v) is 3.74. The second-order valence-electron chi connectivity index (χ2n) is 5.02. The second-order valence-corrected chi connectivity index (χ2v) is 7.11. The number of hydrogen-bond donors (Lipinski definition) is 2. The maximum atomic E-state index is 12.1. The first-order chi connectivity index (χ1) is 9.94. The van der Waals surface area contributed by atoms with Crippen LogP contribution in [0.3, 0.4) is 0 Å². The molecule has 1 saturated heterocycles. The highest BCUT2D eigenvalue weighted by Crippen LogP contribution is 2.09. The number of aliphatic hydroxyl groups is 1. The maximum Gasteiger partial charge on any atom is 0.215 e. The van der Waals surface area contributed by atoms with Crippen LogP contribution in [-0.4, -0.2) is 79.8 Å². The Morgan fingerprint density at radius 2 is 2.05 bits per heavy atom. The molecule has 124 valence electrons. The van der Waals surface area contributed by atoms with Gasteiger partial charge >= 0.3 is 0 Å². The number of guanidine groups is 1. The third-order valence-electron chi connectivity index (χ3n) is 3.51. The lowest BCUT2D eigenvalue weighted by Gasteiger charge is -2.21. The number of likely N-dealkylation sites (tertiary alicyclic amines) is 1. The number of aliphatic hydroxyl groups excluding tert-OH is 1. The van der Waals surface area contributed by atoms with Gasteiger partial charge in [-0.15, -0.1) is 0 Å². The van der Waals surface area contributed by atoms with E-state index in [0.717, 1.165) is 13.0 Å². The molecule has 1 fully saturated rings. The molecule has 0 aromatic carbocycles. The molecule has 0 aromatic heterocycles. The zero-order valence-electron chi connectivity index (χ0n) is 13.2. The van der Waals surface area contributed by atoms with Crippen molar-refractivity contribution in [2.45, 2.75) is 33.3 Å². The van der Waals surface area contributed by atoms with Crippen LogP contribution in [0, 0.1) is 0 Å². The van der Waals surface area contributed by atoms with E-state index in [1.54, 1.807) is 0 Å². The predicted molar refractivity (Wildman–Crippen MR) is 84.9 cm³/mol. The van der Waals surface area contributed by atoms with Gasteiger partial charge in [-0.25, -0.2) is 12.7 Å². The Morgan fingerprint density at radius 3 is 2.52 bits per heavy atom. The molecule has 0 radical (unpaired) electrons. The summed E-state index contributed by atoms with van der Waals surface area (Å²) < 4.78 is 25.6. The van der Waals surface area contributed by atoms with Crippen LogP contribution < -0.4 is 5.32 Å². The van der Waals surface area contributed by atoms with Gasteiger partial charge in [-0.3, -0.25) is 4.99 Å². The monoisotopic (exact) mass is 320 g/mol. The van der Waals surface area contributed by atoms with Crippen molar-refractivity contribution in [3.63, 3.8) is 0 Å². The molecule has 1 aliphatic heterocycles. The molecule has 0 aromatic rings. The van der Waals surface area contributed by atoms with Crippen LogP contribution in [0.15, 0.2) is 4.99 Å². The molecular formula is C13H28N4O3S. The Bertz CT molecular complexity index is 435. The molecule has 0 bridgehead atoms. The topological polar surface area (TPSA) is 85.2 Å². The van der Waals surface area contributed by atoms with E-state index in [-0.39, 0.29) is 18.4 Å². The van der Waals surface area contributed by atoms with E-state index >= 15 is 0 Å². The molecule has 0 spiro atoms. The minimum absolute atomic E-state index is 0.0139. The SMILES string of the molecule is CCNC(=NCCS(=O)(=O)N(CC)CC)N1CC[C@@H](O)C1. The molecule has 1 rings (SSSR count). The summed E-state index contributed by atoms with van der Waals surface area (Å²) in [4.78, 5) is 6.35. The normalized spacial score (nSPS) is 20.3. The fourth-order valence-electron chi connectivity index (χ4n) is 2.37. The van der Waals surface area contributed by atoms with Crippen LogP contribution in [0.4, 0.5) is 0 Å². The van der Waals surface area contributed by atoms with Gasteiger partial charge in [0.1, 0.15) is 0 Å². The van der Waals surface area contributed by atoms with Crippen molar-refractivity contribution in [1.82, 2.24) is 14.5 Å². The summed E-state index contributed by atoms with van der Waals surface area (Å²) in [6.45, 7) is 8.85. The van der Waals surface area contributed by atoms with Gasteiger partial charge in [0, 0.05) is 32.7 Å². The number of aliphatic imine (C=N–C) groups is 1. The van der Waals surface area contributed by atoms with Gasteiger partial charge in [0.25, 0.3) is 0 Å². The molecule has 0 amide bonds. The first kappa shape index (κ1) is 18.2. The molecule has 2 N–H and O–H groups in total. The van der Waals surface area contributed by atoms with E-state index in [2.05, 4.69) is 10.3 Å². The number of nitrogens with one attached hydrogen (secondary N) is 1. The van der Waals surface area contributed by atoms with E-state index in [1.807, 2.05) is 25.7 Å². The van der Waals surface area contributed by atoms with Crippen molar-refractivity contribution in [1.29, 1.82) is 0 Å². The number of nitrogens with zero attached hydrogens (tertiary/aromatic N) is 3. The van der Waals surface area contributed by atoms with Crippen LogP contribution in [0.5, 0.6) is 0 Å². The summed E-state index contributed by atoms with van der Waals surface area (Å²) in [5.74, 6) is 0.698. The van der Waals surface area contributed by atoms with Gasteiger partial charge in [-0.2, -0.15) is 0 Å². The lowest BCUT2D eigenvalue weighted by atomic mass is 10.3. The van der Waals surface area contributed by atoms with Crippen molar-refractivity contribution in [3.05, 3.63) is 0 Å². The van der Waals surface area contributed by atoms with E-state index in [4.69, 9.17) is 0 Å². The first-order valence-electron chi connectivity index (χ1n) is 7.63. The Balaban J connectivity index is 2.62. The van der Waals surface area contributed by atoms with Crippen molar-refractivity contribution in [2.24, 2.45) is 4.99 Å². The van der Waals surface area contributed by atoms with Crippen molar-refractivity contribution in [2.75, 3.05) is 45.0 Å². The molecule has 1 atom stereocenters. The zero-order chi connectivity index (χ0) is 15.9. The van der Waals surface area contributed by atoms with E-state index < -0.39 is 10.0 Å². The van der Waals surface area contributed by atoms with Gasteiger partial charge in [0.05, 0.1) is 18.4 Å². The molecular weight excluding hydrogens is 292 g/mol. The van der Waals surface area contributed by atoms with Crippen LogP contribution in [0.25, 0.3) is 0 Å². The summed E-state index contributed by atoms with van der Waals surface area (Å²) in [7, 11) is -3.24. The average Bonchev–Trinajstić information content (AvgIpc) is 2.85. The van der Waals surface area contributed by atoms with Gasteiger partial charge in [-0.05, 0) is 13.3 Å². The third kappa shape index (κ3) is 5.44. The predicted octanol–water partition coefficient (Wildman–Crippen LogP) is -0.310. The van der Waals surface area contributed by atoms with Crippen molar-refractivity contribution in [3.8, 4) is 0 Å². The zero-order valence-corrected chi connectivity index (χ0v) is 14.1. The third-order valence-corrected chi connectivity index (χ3v) is 5.51. The van der Waals surface area contributed by atoms with Crippen LogP contribution in [0.2, 0.25) is 0 Å². The van der Waals surface area contributed by atoms with E-state index in [1.165, 1.54) is 4.31 Å². The summed E-state index contributed by atoms with van der Waals surface area (Å²) in [6, 6.07) is 0. The number of β-amino-alcohol motifs (C(OH)–C–C–N with tert-alkyl or cyclic N) is 1. The standard InChI is InChI=1S/C13H28N4O3S/c1-4-14-13(16-9-7-12(18)11-16)15-8-10-21(19,20)17(5-2)6-3/h12,18H,4-11H2,1-3H3,(H,14,15)/t12-/m1/s1. The molecule has 0 unspecified atom stereocenters. The highest BCUT2D eigenvalue weighted by molar-refractivity contribution is 7.89. The van der Waals surface area contributed by atoms with Crippen LogP contribution in [0.1, 0.15) is 27.2 Å². The molecule has 8 heteroatoms. The average molecular weight is 320 g/mol. The number of sulfonamides is 1. The second kappa shape index (κ2) is 8.55. The minimum Gasteiger partial charge on any atom is -0.391 e.